The van der Waals surface area contributed by atoms with Crippen molar-refractivity contribution >= 4 is 0 Å². The van der Waals surface area contributed by atoms with Gasteiger partial charge < -0.3 is 5.32 Å². The molecule has 1 rings (SSSR count). The van der Waals surface area contributed by atoms with Crippen LogP contribution >= 0.6 is 0 Å². The Balaban J connectivity index is 3.19. The van der Waals surface area contributed by atoms with Crippen LogP contribution in [0.15, 0.2) is 18.2 Å². The Labute approximate surface area is 99.8 Å². The van der Waals surface area contributed by atoms with E-state index in [0.29, 0.717) is 12.1 Å². The maximum atomic E-state index is 13.0. The van der Waals surface area contributed by atoms with Gasteiger partial charge in [-0.05, 0) is 30.3 Å². The molecule has 0 aliphatic rings. The van der Waals surface area contributed by atoms with Crippen LogP contribution in [0.2, 0.25) is 0 Å². The molecule has 0 saturated heterocycles. The molecule has 0 fully saturated rings. The highest BCUT2D eigenvalue weighted by Gasteiger charge is 2.33. The number of rotatable bonds is 4. The Morgan fingerprint density at radius 2 is 1.78 bits per heavy atom. The molecular weight excluding hydrogens is 260 g/mol. The molecule has 0 aromatic heterocycles. The van der Waals surface area contributed by atoms with Crippen molar-refractivity contribution in [1.29, 1.82) is 0 Å². The lowest BCUT2D eigenvalue weighted by molar-refractivity contribution is -0.137. The van der Waals surface area contributed by atoms with Gasteiger partial charge in [-0.2, -0.15) is 13.2 Å². The molecule has 0 heterocycles. The monoisotopic (exact) mass is 271 g/mol. The van der Waals surface area contributed by atoms with Crippen LogP contribution in [0.3, 0.4) is 0 Å². The molecule has 0 aliphatic heterocycles. The smallest absolute Gasteiger partial charge is 0.306 e. The molecule has 102 valence electrons. The van der Waals surface area contributed by atoms with Gasteiger partial charge in [0.15, 0.2) is 0 Å². The van der Waals surface area contributed by atoms with Crippen LogP contribution in [0.5, 0.6) is 0 Å². The molecule has 0 amide bonds. The van der Waals surface area contributed by atoms with Crippen molar-refractivity contribution in [2.45, 2.75) is 25.6 Å². The van der Waals surface area contributed by atoms with Gasteiger partial charge in [-0.3, -0.25) is 0 Å². The lowest BCUT2D eigenvalue weighted by Crippen LogP contribution is -2.27. The molecule has 1 atom stereocenters. The summed E-state index contributed by atoms with van der Waals surface area (Å²) in [6, 6.07) is -0.137. The van der Waals surface area contributed by atoms with E-state index in [1.807, 2.05) is 0 Å². The van der Waals surface area contributed by atoms with Gasteiger partial charge in [-0.1, -0.05) is 6.92 Å². The summed E-state index contributed by atoms with van der Waals surface area (Å²) in [5.41, 5.74) is -1.69. The second kappa shape index (κ2) is 5.60. The quantitative estimate of drug-likeness (QED) is 0.822. The van der Waals surface area contributed by atoms with Crippen molar-refractivity contribution in [3.05, 3.63) is 35.1 Å². The normalized spacial score (nSPS) is 14.0. The van der Waals surface area contributed by atoms with Crippen molar-refractivity contribution in [2.24, 2.45) is 0 Å². The second-order valence-corrected chi connectivity index (χ2v) is 3.64. The Bertz CT molecular complexity index is 401. The van der Waals surface area contributed by atoms with Gasteiger partial charge in [0, 0.05) is 0 Å². The van der Waals surface area contributed by atoms with Gasteiger partial charge in [0.1, 0.15) is 5.82 Å². The summed E-state index contributed by atoms with van der Waals surface area (Å²) in [6.45, 7) is 1.66. The first-order valence-electron chi connectivity index (χ1n) is 5.15. The zero-order valence-corrected chi connectivity index (χ0v) is 9.36. The first-order valence-corrected chi connectivity index (χ1v) is 5.15. The third-order valence-electron chi connectivity index (χ3n) is 2.28. The van der Waals surface area contributed by atoms with Crippen LogP contribution in [0, 0.1) is 5.82 Å². The summed E-state index contributed by atoms with van der Waals surface area (Å²) in [5, 5.41) is 2.32. The van der Waals surface area contributed by atoms with E-state index in [1.54, 1.807) is 0 Å². The topological polar surface area (TPSA) is 12.0 Å². The summed E-state index contributed by atoms with van der Waals surface area (Å²) < 4.78 is 75.7. The maximum Gasteiger partial charge on any atom is 0.416 e. The van der Waals surface area contributed by atoms with E-state index in [9.17, 15) is 26.3 Å². The van der Waals surface area contributed by atoms with Crippen molar-refractivity contribution < 1.29 is 26.3 Å². The number of benzene rings is 1. The van der Waals surface area contributed by atoms with Crippen LogP contribution in [0.25, 0.3) is 0 Å². The molecular formula is C11H11F6N. The lowest BCUT2D eigenvalue weighted by Gasteiger charge is -2.19. The van der Waals surface area contributed by atoms with Crippen molar-refractivity contribution in [1.82, 2.24) is 5.32 Å². The molecule has 1 aromatic rings. The van der Waals surface area contributed by atoms with Gasteiger partial charge in [0.2, 0.25) is 0 Å². The van der Waals surface area contributed by atoms with E-state index in [2.05, 4.69) is 5.32 Å². The molecule has 0 bridgehead atoms. The van der Waals surface area contributed by atoms with E-state index in [4.69, 9.17) is 0 Å². The van der Waals surface area contributed by atoms with Crippen molar-refractivity contribution in [3.8, 4) is 0 Å². The molecule has 7 heteroatoms. The van der Waals surface area contributed by atoms with Gasteiger partial charge in [-0.15, -0.1) is 0 Å². The van der Waals surface area contributed by atoms with Gasteiger partial charge >= 0.3 is 6.18 Å². The van der Waals surface area contributed by atoms with Crippen LogP contribution in [-0.2, 0) is 6.18 Å². The summed E-state index contributed by atoms with van der Waals surface area (Å²) in [5.74, 6) is -1.19. The lowest BCUT2D eigenvalue weighted by atomic mass is 10.0. The fraction of sp³-hybridized carbons (Fsp3) is 0.455. The highest BCUT2D eigenvalue weighted by Crippen LogP contribution is 2.32. The minimum atomic E-state index is -4.77. The highest BCUT2D eigenvalue weighted by molar-refractivity contribution is 5.29. The highest BCUT2D eigenvalue weighted by atomic mass is 19.4. The van der Waals surface area contributed by atoms with Crippen molar-refractivity contribution in [2.75, 3.05) is 6.54 Å². The van der Waals surface area contributed by atoms with E-state index in [1.165, 1.54) is 6.92 Å². The van der Waals surface area contributed by atoms with Crippen LogP contribution in [0.4, 0.5) is 26.3 Å². The Kier molecular flexibility index (Phi) is 4.61. The summed E-state index contributed by atoms with van der Waals surface area (Å²) in [7, 11) is 0. The number of alkyl halides is 5. The molecule has 18 heavy (non-hydrogen) atoms. The largest absolute Gasteiger partial charge is 0.416 e. The van der Waals surface area contributed by atoms with Crippen LogP contribution in [0.1, 0.15) is 24.1 Å². The van der Waals surface area contributed by atoms with Crippen molar-refractivity contribution in [3.63, 3.8) is 0 Å². The van der Waals surface area contributed by atoms with Crippen LogP contribution in [-0.4, -0.2) is 13.0 Å². The molecule has 0 saturated carbocycles. The molecule has 0 aliphatic carbocycles. The van der Waals surface area contributed by atoms with Crippen LogP contribution < -0.4 is 5.32 Å². The first-order chi connectivity index (χ1) is 8.25. The van der Waals surface area contributed by atoms with E-state index in [0.717, 1.165) is 0 Å². The standard InChI is InChI=1S/C11H11F6N/c1-2-18-9(10(13)14)6-3-7(11(15,16)17)5-8(12)4-6/h3-5,9-10,18H,2H2,1H3. The molecule has 0 spiro atoms. The average Bonchev–Trinajstić information content (AvgIpc) is 2.23. The number of halogens is 6. The zero-order valence-electron chi connectivity index (χ0n) is 9.36. The maximum absolute atomic E-state index is 13.0. The number of nitrogens with one attached hydrogen (secondary N) is 1. The van der Waals surface area contributed by atoms with Gasteiger partial charge in [0.05, 0.1) is 11.6 Å². The Hall–Kier alpha value is -1.24. The van der Waals surface area contributed by atoms with E-state index < -0.39 is 35.6 Å². The summed E-state index contributed by atoms with van der Waals surface area (Å²) in [6.07, 6.45) is -7.69. The third-order valence-corrected chi connectivity index (χ3v) is 2.28. The molecule has 1 N–H and O–H groups in total. The fourth-order valence-electron chi connectivity index (χ4n) is 1.53. The minimum absolute atomic E-state index is 0.132. The number of hydrogen-bond donors (Lipinski definition) is 1. The zero-order chi connectivity index (χ0) is 13.9. The third kappa shape index (κ3) is 3.63. The summed E-state index contributed by atoms with van der Waals surface area (Å²) in [4.78, 5) is 0. The van der Waals surface area contributed by atoms with E-state index in [-0.39, 0.29) is 12.6 Å². The molecule has 1 nitrogen and oxygen atoms in total. The first kappa shape index (κ1) is 14.8. The fourth-order valence-corrected chi connectivity index (χ4v) is 1.53. The predicted molar refractivity (Wildman–Crippen MR) is 53.8 cm³/mol. The molecule has 1 aromatic carbocycles. The molecule has 0 radical (unpaired) electrons. The Morgan fingerprint density at radius 1 is 1.17 bits per heavy atom. The van der Waals surface area contributed by atoms with Gasteiger partial charge in [-0.25, -0.2) is 13.2 Å². The minimum Gasteiger partial charge on any atom is -0.306 e. The predicted octanol–water partition coefficient (Wildman–Crippen LogP) is 3.76. The number of hydrogen-bond acceptors (Lipinski definition) is 1. The Morgan fingerprint density at radius 3 is 2.22 bits per heavy atom. The summed E-state index contributed by atoms with van der Waals surface area (Å²) >= 11 is 0. The second-order valence-electron chi connectivity index (χ2n) is 3.64. The van der Waals surface area contributed by atoms with Gasteiger partial charge in [0.25, 0.3) is 6.43 Å². The molecule has 1 unspecified atom stereocenters. The average molecular weight is 271 g/mol. The van der Waals surface area contributed by atoms with E-state index >= 15 is 0 Å². The SMILES string of the molecule is CCNC(c1cc(F)cc(C(F)(F)F)c1)C(F)F.